The molecule has 2 atom stereocenters. The normalized spacial score (nSPS) is 17.6. The van der Waals surface area contributed by atoms with Gasteiger partial charge in [-0.3, -0.25) is 0 Å². The number of fused-ring (bicyclic) bond motifs is 2. The minimum Gasteiger partial charge on any atom is -0.482 e. The SMILES string of the molecule is Cc1ccc(N2CC(C)(CN[C@H](C)c3cccc4ccccc34)Oc3ccccc32)cc1C(=O)O.Cl. The second-order valence-corrected chi connectivity index (χ2v) is 9.58. The lowest BCUT2D eigenvalue weighted by atomic mass is 9.97. The number of nitrogens with one attached hydrogen (secondary N) is 1. The van der Waals surface area contributed by atoms with Crippen LogP contribution in [0.5, 0.6) is 5.75 Å². The van der Waals surface area contributed by atoms with E-state index in [4.69, 9.17) is 4.74 Å². The van der Waals surface area contributed by atoms with Gasteiger partial charge in [0.25, 0.3) is 0 Å². The van der Waals surface area contributed by atoms with Crippen molar-refractivity contribution in [3.63, 3.8) is 0 Å². The number of halogens is 1. The maximum Gasteiger partial charge on any atom is 0.336 e. The van der Waals surface area contributed by atoms with Crippen molar-refractivity contribution in [1.29, 1.82) is 0 Å². The minimum absolute atomic E-state index is 0. The topological polar surface area (TPSA) is 61.8 Å². The molecule has 0 saturated heterocycles. The number of nitrogens with zero attached hydrogens (tertiary/aromatic N) is 1. The standard InChI is InChI=1S/C30H30N2O3.ClH/c1-20-15-16-23(17-26(20)29(33)34)32-19-30(3,35-28-14-7-6-13-27(28)32)18-31-21(2)24-12-8-10-22-9-4-5-11-25(22)24;/h4-17,21,31H,18-19H2,1-3H3,(H,33,34);1H/t21-,30?;/m1./s1. The van der Waals surface area contributed by atoms with E-state index in [-0.39, 0.29) is 18.4 Å². The van der Waals surface area contributed by atoms with Gasteiger partial charge < -0.3 is 20.1 Å². The average molecular weight is 503 g/mol. The van der Waals surface area contributed by atoms with Gasteiger partial charge >= 0.3 is 5.97 Å². The molecular weight excluding hydrogens is 472 g/mol. The molecule has 0 aromatic heterocycles. The smallest absolute Gasteiger partial charge is 0.336 e. The third kappa shape index (κ3) is 4.90. The van der Waals surface area contributed by atoms with Crippen LogP contribution in [0.4, 0.5) is 11.4 Å². The van der Waals surface area contributed by atoms with Crippen LogP contribution in [0.3, 0.4) is 0 Å². The highest BCUT2D eigenvalue weighted by molar-refractivity contribution is 5.91. The van der Waals surface area contributed by atoms with Gasteiger partial charge in [-0.25, -0.2) is 4.79 Å². The van der Waals surface area contributed by atoms with Gasteiger partial charge in [-0.15, -0.1) is 12.4 Å². The molecule has 1 aliphatic rings. The molecule has 5 nitrogen and oxygen atoms in total. The highest BCUT2D eigenvalue weighted by Gasteiger charge is 2.37. The molecule has 1 unspecified atom stereocenters. The Kier molecular flexibility index (Phi) is 7.25. The molecule has 4 aromatic carbocycles. The Morgan fingerprint density at radius 2 is 1.78 bits per heavy atom. The molecule has 6 heteroatoms. The third-order valence-corrected chi connectivity index (χ3v) is 6.84. The summed E-state index contributed by atoms with van der Waals surface area (Å²) in [6.07, 6.45) is 0. The summed E-state index contributed by atoms with van der Waals surface area (Å²) in [5, 5.41) is 15.8. The van der Waals surface area contributed by atoms with E-state index in [0.29, 0.717) is 18.7 Å². The van der Waals surface area contributed by atoms with Crippen molar-refractivity contribution in [1.82, 2.24) is 5.32 Å². The second kappa shape index (κ2) is 10.2. The van der Waals surface area contributed by atoms with Crippen LogP contribution in [0.25, 0.3) is 10.8 Å². The van der Waals surface area contributed by atoms with Gasteiger partial charge in [0.1, 0.15) is 11.4 Å². The monoisotopic (exact) mass is 502 g/mol. The summed E-state index contributed by atoms with van der Waals surface area (Å²) in [6.45, 7) is 7.31. The molecule has 5 rings (SSSR count). The number of benzene rings is 4. The molecule has 0 spiro atoms. The quantitative estimate of drug-likeness (QED) is 0.300. The number of aryl methyl sites for hydroxylation is 1. The molecule has 4 aromatic rings. The molecular formula is C30H31ClN2O3. The fraction of sp³-hybridized carbons (Fsp3) is 0.233. The van der Waals surface area contributed by atoms with E-state index in [0.717, 1.165) is 22.7 Å². The number of ether oxygens (including phenoxy) is 1. The number of rotatable bonds is 6. The Hall–Kier alpha value is -3.54. The number of carbonyl (C=O) groups is 1. The summed E-state index contributed by atoms with van der Waals surface area (Å²) >= 11 is 0. The fourth-order valence-corrected chi connectivity index (χ4v) is 4.92. The molecule has 0 fully saturated rings. The number of para-hydroxylation sites is 2. The van der Waals surface area contributed by atoms with E-state index >= 15 is 0 Å². The Morgan fingerprint density at radius 1 is 1.06 bits per heavy atom. The van der Waals surface area contributed by atoms with Crippen molar-refractivity contribution in [2.24, 2.45) is 0 Å². The predicted molar refractivity (Wildman–Crippen MR) is 148 cm³/mol. The molecule has 0 aliphatic carbocycles. The van der Waals surface area contributed by atoms with Crippen molar-refractivity contribution in [3.05, 3.63) is 102 Å². The van der Waals surface area contributed by atoms with Crippen LogP contribution in [0.1, 0.15) is 41.4 Å². The molecule has 0 bridgehead atoms. The van der Waals surface area contributed by atoms with E-state index in [1.54, 1.807) is 6.07 Å². The molecule has 0 amide bonds. The van der Waals surface area contributed by atoms with Crippen molar-refractivity contribution < 1.29 is 14.6 Å². The first-order chi connectivity index (χ1) is 16.8. The summed E-state index contributed by atoms with van der Waals surface area (Å²) in [5.41, 5.74) is 3.57. The van der Waals surface area contributed by atoms with Crippen LogP contribution in [-0.4, -0.2) is 29.8 Å². The average Bonchev–Trinajstić information content (AvgIpc) is 2.86. The van der Waals surface area contributed by atoms with Crippen LogP contribution in [0.2, 0.25) is 0 Å². The fourth-order valence-electron chi connectivity index (χ4n) is 4.92. The lowest BCUT2D eigenvalue weighted by Crippen LogP contribution is -2.53. The summed E-state index contributed by atoms with van der Waals surface area (Å²) < 4.78 is 6.53. The number of hydrogen-bond donors (Lipinski definition) is 2. The number of aromatic carboxylic acids is 1. The predicted octanol–water partition coefficient (Wildman–Crippen LogP) is 6.91. The molecule has 1 heterocycles. The summed E-state index contributed by atoms with van der Waals surface area (Å²) in [5.74, 6) is -0.127. The number of anilines is 2. The maximum atomic E-state index is 11.8. The van der Waals surface area contributed by atoms with Gasteiger partial charge in [-0.1, -0.05) is 60.7 Å². The van der Waals surface area contributed by atoms with Gasteiger partial charge in [-0.2, -0.15) is 0 Å². The van der Waals surface area contributed by atoms with Gasteiger partial charge in [0.2, 0.25) is 0 Å². The first-order valence-electron chi connectivity index (χ1n) is 12.0. The molecule has 186 valence electrons. The first kappa shape index (κ1) is 25.5. The number of carboxylic acids is 1. The van der Waals surface area contributed by atoms with E-state index in [2.05, 4.69) is 66.5 Å². The zero-order valence-corrected chi connectivity index (χ0v) is 21.5. The van der Waals surface area contributed by atoms with E-state index in [1.165, 1.54) is 16.3 Å². The summed E-state index contributed by atoms with van der Waals surface area (Å²) in [4.78, 5) is 13.9. The van der Waals surface area contributed by atoms with E-state index in [1.807, 2.05) is 43.3 Å². The van der Waals surface area contributed by atoms with Crippen LogP contribution >= 0.6 is 12.4 Å². The Labute approximate surface area is 218 Å². The second-order valence-electron chi connectivity index (χ2n) is 9.58. The van der Waals surface area contributed by atoms with Gasteiger partial charge in [-0.05, 0) is 66.9 Å². The lowest BCUT2D eigenvalue weighted by Gasteiger charge is -2.43. The molecule has 0 radical (unpaired) electrons. The highest BCUT2D eigenvalue weighted by atomic mass is 35.5. The number of carboxylic acid groups (broad SMARTS) is 1. The van der Waals surface area contributed by atoms with Crippen molar-refractivity contribution >= 4 is 40.5 Å². The molecule has 2 N–H and O–H groups in total. The Bertz CT molecular complexity index is 1400. The summed E-state index contributed by atoms with van der Waals surface area (Å²) in [7, 11) is 0. The van der Waals surface area contributed by atoms with Gasteiger partial charge in [0.05, 0.1) is 17.8 Å². The van der Waals surface area contributed by atoms with Crippen molar-refractivity contribution in [3.8, 4) is 5.75 Å². The van der Waals surface area contributed by atoms with Crippen molar-refractivity contribution in [2.75, 3.05) is 18.0 Å². The molecule has 1 aliphatic heterocycles. The third-order valence-electron chi connectivity index (χ3n) is 6.84. The molecule has 36 heavy (non-hydrogen) atoms. The largest absolute Gasteiger partial charge is 0.482 e. The number of hydrogen-bond acceptors (Lipinski definition) is 4. The van der Waals surface area contributed by atoms with Crippen LogP contribution in [0.15, 0.2) is 84.9 Å². The van der Waals surface area contributed by atoms with E-state index in [9.17, 15) is 9.90 Å². The molecule has 0 saturated carbocycles. The zero-order chi connectivity index (χ0) is 24.6. The van der Waals surface area contributed by atoms with Crippen LogP contribution in [-0.2, 0) is 0 Å². The van der Waals surface area contributed by atoms with E-state index < -0.39 is 11.6 Å². The minimum atomic E-state index is -0.917. The first-order valence-corrected chi connectivity index (χ1v) is 12.0. The van der Waals surface area contributed by atoms with Crippen molar-refractivity contribution in [2.45, 2.75) is 32.4 Å². The highest BCUT2D eigenvalue weighted by Crippen LogP contribution is 2.41. The van der Waals surface area contributed by atoms with Crippen LogP contribution < -0.4 is 15.0 Å². The zero-order valence-electron chi connectivity index (χ0n) is 20.7. The van der Waals surface area contributed by atoms with Crippen LogP contribution in [0, 0.1) is 6.92 Å². The Morgan fingerprint density at radius 3 is 2.58 bits per heavy atom. The Balaban J connectivity index is 0.00000304. The summed E-state index contributed by atoms with van der Waals surface area (Å²) in [6, 6.07) is 28.5. The lowest BCUT2D eigenvalue weighted by molar-refractivity contribution is 0.0696. The van der Waals surface area contributed by atoms with Gasteiger partial charge in [0.15, 0.2) is 0 Å². The maximum absolute atomic E-state index is 11.8. The van der Waals surface area contributed by atoms with Gasteiger partial charge in [0, 0.05) is 18.3 Å².